The zero-order valence-electron chi connectivity index (χ0n) is 7.27. The molecule has 0 aliphatic rings. The average molecular weight is 226 g/mol. The largest absolute Gasteiger partial charge is 0.364 e. The third-order valence-corrected chi connectivity index (χ3v) is 2.83. The Labute approximate surface area is 90.8 Å². The van der Waals surface area contributed by atoms with Gasteiger partial charge in [0.15, 0.2) is 0 Å². The molecule has 0 aliphatic heterocycles. The summed E-state index contributed by atoms with van der Waals surface area (Å²) in [4.78, 5) is 9.09. The highest BCUT2D eigenvalue weighted by Crippen LogP contribution is 2.18. The fourth-order valence-corrected chi connectivity index (χ4v) is 1.84. The standard InChI is InChI=1S/C9H8ClN3S/c10-8-5-11-6-13-9(8)12-4-7-2-1-3-14-7/h1-3,5-6H,4H2,(H,11,12,13). The molecule has 0 saturated heterocycles. The van der Waals surface area contributed by atoms with E-state index in [-0.39, 0.29) is 0 Å². The predicted octanol–water partition coefficient (Wildman–Crippen LogP) is 2.80. The van der Waals surface area contributed by atoms with Crippen LogP contribution in [0.1, 0.15) is 4.88 Å². The summed E-state index contributed by atoms with van der Waals surface area (Å²) < 4.78 is 0. The smallest absolute Gasteiger partial charge is 0.148 e. The lowest BCUT2D eigenvalue weighted by atomic mass is 10.4. The number of nitrogens with one attached hydrogen (secondary N) is 1. The number of halogens is 1. The number of nitrogens with zero attached hydrogens (tertiary/aromatic N) is 2. The molecule has 0 spiro atoms. The first-order valence-corrected chi connectivity index (χ1v) is 5.34. The zero-order valence-corrected chi connectivity index (χ0v) is 8.85. The van der Waals surface area contributed by atoms with Crippen LogP contribution >= 0.6 is 22.9 Å². The van der Waals surface area contributed by atoms with Crippen LogP contribution < -0.4 is 5.32 Å². The minimum absolute atomic E-state index is 0.545. The van der Waals surface area contributed by atoms with Gasteiger partial charge in [-0.25, -0.2) is 9.97 Å². The highest BCUT2D eigenvalue weighted by atomic mass is 35.5. The molecule has 0 bridgehead atoms. The van der Waals surface area contributed by atoms with Gasteiger partial charge in [-0.2, -0.15) is 0 Å². The average Bonchev–Trinajstić information content (AvgIpc) is 2.69. The van der Waals surface area contributed by atoms with Gasteiger partial charge in [0.05, 0.1) is 12.7 Å². The summed E-state index contributed by atoms with van der Waals surface area (Å²) >= 11 is 7.58. The quantitative estimate of drug-likeness (QED) is 0.873. The van der Waals surface area contributed by atoms with Crippen LogP contribution in [0.25, 0.3) is 0 Å². The van der Waals surface area contributed by atoms with Crippen molar-refractivity contribution in [1.82, 2.24) is 9.97 Å². The van der Waals surface area contributed by atoms with E-state index >= 15 is 0 Å². The molecule has 2 heterocycles. The fourth-order valence-electron chi connectivity index (χ4n) is 1.03. The second kappa shape index (κ2) is 4.39. The van der Waals surface area contributed by atoms with Crippen molar-refractivity contribution in [2.24, 2.45) is 0 Å². The molecule has 0 fully saturated rings. The fraction of sp³-hybridized carbons (Fsp3) is 0.111. The summed E-state index contributed by atoms with van der Waals surface area (Å²) in [6.07, 6.45) is 3.05. The number of rotatable bonds is 3. The molecule has 0 atom stereocenters. The first-order valence-electron chi connectivity index (χ1n) is 4.08. The number of anilines is 1. The zero-order chi connectivity index (χ0) is 9.80. The van der Waals surface area contributed by atoms with Gasteiger partial charge in [0, 0.05) is 4.88 Å². The SMILES string of the molecule is Clc1cncnc1NCc1cccs1. The van der Waals surface area contributed by atoms with E-state index in [0.717, 1.165) is 6.54 Å². The molecule has 2 aromatic rings. The van der Waals surface area contributed by atoms with Crippen LogP contribution in [0.5, 0.6) is 0 Å². The lowest BCUT2D eigenvalue weighted by Gasteiger charge is -2.04. The summed E-state index contributed by atoms with van der Waals surface area (Å²) in [7, 11) is 0. The first kappa shape index (κ1) is 9.43. The van der Waals surface area contributed by atoms with Crippen molar-refractivity contribution in [1.29, 1.82) is 0 Å². The van der Waals surface area contributed by atoms with Gasteiger partial charge >= 0.3 is 0 Å². The van der Waals surface area contributed by atoms with Gasteiger partial charge in [-0.05, 0) is 11.4 Å². The lowest BCUT2D eigenvalue weighted by Crippen LogP contribution is -2.00. The van der Waals surface area contributed by atoms with Crippen molar-refractivity contribution in [3.05, 3.63) is 39.9 Å². The second-order valence-corrected chi connectivity index (χ2v) is 4.09. The number of aromatic nitrogens is 2. The third-order valence-electron chi connectivity index (χ3n) is 1.68. The Morgan fingerprint density at radius 3 is 3.14 bits per heavy atom. The Hall–Kier alpha value is -1.13. The van der Waals surface area contributed by atoms with E-state index in [0.29, 0.717) is 10.8 Å². The van der Waals surface area contributed by atoms with E-state index < -0.39 is 0 Å². The van der Waals surface area contributed by atoms with E-state index in [4.69, 9.17) is 11.6 Å². The minimum atomic E-state index is 0.545. The van der Waals surface area contributed by atoms with E-state index in [9.17, 15) is 0 Å². The van der Waals surface area contributed by atoms with Crippen LogP contribution in [-0.2, 0) is 6.54 Å². The highest BCUT2D eigenvalue weighted by molar-refractivity contribution is 7.09. The van der Waals surface area contributed by atoms with Crippen LogP contribution in [0.4, 0.5) is 5.82 Å². The highest BCUT2D eigenvalue weighted by Gasteiger charge is 2.00. The van der Waals surface area contributed by atoms with Gasteiger partial charge in [-0.15, -0.1) is 11.3 Å². The normalized spacial score (nSPS) is 10.1. The summed E-state index contributed by atoms with van der Waals surface area (Å²) in [5.41, 5.74) is 0. The van der Waals surface area contributed by atoms with E-state index in [1.54, 1.807) is 17.5 Å². The van der Waals surface area contributed by atoms with Crippen molar-refractivity contribution >= 4 is 28.8 Å². The number of hydrogen-bond donors (Lipinski definition) is 1. The molecular formula is C9H8ClN3S. The second-order valence-electron chi connectivity index (χ2n) is 2.65. The van der Waals surface area contributed by atoms with Gasteiger partial charge in [0.2, 0.25) is 0 Å². The van der Waals surface area contributed by atoms with Crippen LogP contribution in [0.3, 0.4) is 0 Å². The van der Waals surface area contributed by atoms with Crippen LogP contribution in [0.2, 0.25) is 5.02 Å². The van der Waals surface area contributed by atoms with Crippen LogP contribution in [-0.4, -0.2) is 9.97 Å². The van der Waals surface area contributed by atoms with Crippen molar-refractivity contribution in [2.75, 3.05) is 5.32 Å². The number of thiophene rings is 1. The molecule has 72 valence electrons. The Morgan fingerprint density at radius 1 is 1.50 bits per heavy atom. The molecule has 14 heavy (non-hydrogen) atoms. The van der Waals surface area contributed by atoms with Gasteiger partial charge in [-0.1, -0.05) is 17.7 Å². The predicted molar refractivity (Wildman–Crippen MR) is 58.7 cm³/mol. The monoisotopic (exact) mass is 225 g/mol. The molecule has 0 radical (unpaired) electrons. The molecule has 2 rings (SSSR count). The van der Waals surface area contributed by atoms with Gasteiger partial charge < -0.3 is 5.32 Å². The van der Waals surface area contributed by atoms with Gasteiger partial charge in [-0.3, -0.25) is 0 Å². The van der Waals surface area contributed by atoms with Crippen molar-refractivity contribution < 1.29 is 0 Å². The lowest BCUT2D eigenvalue weighted by molar-refractivity contribution is 1.10. The molecule has 1 N–H and O–H groups in total. The van der Waals surface area contributed by atoms with Gasteiger partial charge in [0.25, 0.3) is 0 Å². The third kappa shape index (κ3) is 2.21. The van der Waals surface area contributed by atoms with E-state index in [1.165, 1.54) is 11.2 Å². The Kier molecular flexibility index (Phi) is 2.96. The van der Waals surface area contributed by atoms with E-state index in [2.05, 4.69) is 21.4 Å². The molecule has 0 aliphatic carbocycles. The molecule has 5 heteroatoms. The maximum absolute atomic E-state index is 5.88. The first-order chi connectivity index (χ1) is 6.86. The summed E-state index contributed by atoms with van der Waals surface area (Å²) in [5.74, 6) is 0.676. The molecule has 0 unspecified atom stereocenters. The minimum Gasteiger partial charge on any atom is -0.364 e. The molecule has 0 saturated carbocycles. The van der Waals surface area contributed by atoms with Crippen molar-refractivity contribution in [3.63, 3.8) is 0 Å². The molecular weight excluding hydrogens is 218 g/mol. The maximum atomic E-state index is 5.88. The summed E-state index contributed by atoms with van der Waals surface area (Å²) in [5, 5.41) is 5.73. The van der Waals surface area contributed by atoms with Crippen LogP contribution in [0.15, 0.2) is 30.0 Å². The molecule has 3 nitrogen and oxygen atoms in total. The van der Waals surface area contributed by atoms with Crippen molar-refractivity contribution in [2.45, 2.75) is 6.54 Å². The Bertz CT molecular complexity index is 402. The summed E-state index contributed by atoms with van der Waals surface area (Å²) in [6, 6.07) is 4.08. The molecule has 2 aromatic heterocycles. The van der Waals surface area contributed by atoms with Crippen LogP contribution in [0, 0.1) is 0 Å². The van der Waals surface area contributed by atoms with E-state index in [1.807, 2.05) is 11.4 Å². The Morgan fingerprint density at radius 2 is 2.43 bits per heavy atom. The van der Waals surface area contributed by atoms with Crippen molar-refractivity contribution in [3.8, 4) is 0 Å². The van der Waals surface area contributed by atoms with Gasteiger partial charge in [0.1, 0.15) is 17.2 Å². The topological polar surface area (TPSA) is 37.8 Å². The number of hydrogen-bond acceptors (Lipinski definition) is 4. The summed E-state index contributed by atoms with van der Waals surface area (Å²) in [6.45, 7) is 0.744. The molecule has 0 amide bonds. The Balaban J connectivity index is 2.02. The maximum Gasteiger partial charge on any atom is 0.148 e. The molecule has 0 aromatic carbocycles.